The Balaban J connectivity index is 1.68. The second-order valence-electron chi connectivity index (χ2n) is 9.48. The van der Waals surface area contributed by atoms with Crippen LogP contribution in [0.5, 0.6) is 11.5 Å². The first kappa shape index (κ1) is 21.3. The molecule has 1 aliphatic heterocycles. The van der Waals surface area contributed by atoms with Crippen molar-refractivity contribution in [3.63, 3.8) is 0 Å². The average Bonchev–Trinajstić information content (AvgIpc) is 3.19. The fourth-order valence-electron chi connectivity index (χ4n) is 6.44. The van der Waals surface area contributed by atoms with Gasteiger partial charge < -0.3 is 19.5 Å². The summed E-state index contributed by atoms with van der Waals surface area (Å²) in [5, 5.41) is 3.33. The molecule has 5 atom stereocenters. The number of hydrogen-bond donors (Lipinski definition) is 1. The van der Waals surface area contributed by atoms with E-state index in [0.29, 0.717) is 18.9 Å². The third kappa shape index (κ3) is 3.26. The van der Waals surface area contributed by atoms with Gasteiger partial charge in [-0.15, -0.1) is 0 Å². The number of amides is 1. The van der Waals surface area contributed by atoms with E-state index in [1.165, 1.54) is 7.11 Å². The Morgan fingerprint density at radius 2 is 2.10 bits per heavy atom. The Labute approximate surface area is 176 Å². The van der Waals surface area contributed by atoms with Gasteiger partial charge in [-0.1, -0.05) is 26.8 Å². The molecule has 1 unspecified atom stereocenters. The summed E-state index contributed by atoms with van der Waals surface area (Å²) in [4.78, 5) is 12.3. The minimum Gasteiger partial charge on any atom is -0.493 e. The van der Waals surface area contributed by atoms with E-state index in [4.69, 9.17) is 9.47 Å². The largest absolute Gasteiger partial charge is 0.493 e. The number of benzene rings is 1. The molecule has 1 aromatic rings. The highest BCUT2D eigenvalue weighted by Crippen LogP contribution is 2.70. The molecule has 3 fully saturated rings. The fourth-order valence-corrected chi connectivity index (χ4v) is 6.44. The number of halogens is 2. The fraction of sp³-hybridized carbons (Fsp3) is 0.696. The summed E-state index contributed by atoms with van der Waals surface area (Å²) in [7, 11) is 1.43. The molecule has 1 heterocycles. The van der Waals surface area contributed by atoms with E-state index in [-0.39, 0.29) is 46.3 Å². The van der Waals surface area contributed by atoms with E-state index >= 15 is 0 Å². The first-order valence-electron chi connectivity index (χ1n) is 10.8. The van der Waals surface area contributed by atoms with Crippen molar-refractivity contribution in [2.45, 2.75) is 65.2 Å². The van der Waals surface area contributed by atoms with Crippen molar-refractivity contribution in [2.75, 3.05) is 13.7 Å². The zero-order valence-corrected chi connectivity index (χ0v) is 18.0. The molecule has 1 aromatic carbocycles. The van der Waals surface area contributed by atoms with Crippen molar-refractivity contribution in [3.05, 3.63) is 23.8 Å². The molecule has 166 valence electrons. The zero-order valence-electron chi connectivity index (χ0n) is 18.0. The Bertz CT molecular complexity index is 814. The maximum absolute atomic E-state index is 12.9. The summed E-state index contributed by atoms with van der Waals surface area (Å²) in [5.41, 5.74) is 0.806. The van der Waals surface area contributed by atoms with Crippen LogP contribution in [-0.4, -0.2) is 32.3 Å². The predicted octanol–water partition coefficient (Wildman–Crippen LogP) is 4.71. The topological polar surface area (TPSA) is 56.8 Å². The molecular weight excluding hydrogens is 392 g/mol. The molecule has 0 radical (unpaired) electrons. The molecule has 30 heavy (non-hydrogen) atoms. The molecule has 3 aliphatic rings. The van der Waals surface area contributed by atoms with Gasteiger partial charge in [0.2, 0.25) is 5.91 Å². The first-order valence-corrected chi connectivity index (χ1v) is 10.8. The maximum Gasteiger partial charge on any atom is 0.387 e. The first-order chi connectivity index (χ1) is 14.2. The minimum atomic E-state index is -2.93. The van der Waals surface area contributed by atoms with Crippen LogP contribution in [0.15, 0.2) is 18.2 Å². The van der Waals surface area contributed by atoms with Crippen LogP contribution in [-0.2, 0) is 9.53 Å². The molecule has 4 rings (SSSR count). The number of ether oxygens (including phenoxy) is 3. The van der Waals surface area contributed by atoms with E-state index in [0.717, 1.165) is 24.8 Å². The van der Waals surface area contributed by atoms with E-state index in [1.54, 1.807) is 12.1 Å². The van der Waals surface area contributed by atoms with Gasteiger partial charge in [0, 0.05) is 19.1 Å². The number of hydrogen-bond acceptors (Lipinski definition) is 4. The summed E-state index contributed by atoms with van der Waals surface area (Å²) in [5.74, 6) is 1.08. The monoisotopic (exact) mass is 423 g/mol. The second-order valence-corrected chi connectivity index (χ2v) is 9.48. The number of fused-ring (bicyclic) bond motifs is 1. The summed E-state index contributed by atoms with van der Waals surface area (Å²) in [6.45, 7) is 4.05. The van der Waals surface area contributed by atoms with Gasteiger partial charge in [-0.05, 0) is 59.6 Å². The van der Waals surface area contributed by atoms with Gasteiger partial charge in [0.1, 0.15) is 0 Å². The number of rotatable bonds is 6. The molecule has 2 bridgehead atoms. The van der Waals surface area contributed by atoms with Gasteiger partial charge in [-0.2, -0.15) is 8.78 Å². The van der Waals surface area contributed by atoms with Crippen molar-refractivity contribution >= 4 is 5.91 Å². The summed E-state index contributed by atoms with van der Waals surface area (Å²) >= 11 is 0. The average molecular weight is 424 g/mol. The van der Waals surface area contributed by atoms with Crippen molar-refractivity contribution in [1.29, 1.82) is 0 Å². The molecule has 2 aliphatic carbocycles. The van der Waals surface area contributed by atoms with Crippen LogP contribution in [0.3, 0.4) is 0 Å². The van der Waals surface area contributed by atoms with Gasteiger partial charge in [0.25, 0.3) is 0 Å². The molecule has 1 saturated heterocycles. The molecule has 5 nitrogen and oxygen atoms in total. The van der Waals surface area contributed by atoms with Crippen LogP contribution in [0, 0.1) is 22.7 Å². The third-order valence-electron chi connectivity index (χ3n) is 7.86. The van der Waals surface area contributed by atoms with Crippen LogP contribution in [0.4, 0.5) is 8.78 Å². The third-order valence-corrected chi connectivity index (χ3v) is 7.86. The molecule has 1 spiro atoms. The summed E-state index contributed by atoms with van der Waals surface area (Å²) in [6, 6.07) is 5.23. The quantitative estimate of drug-likeness (QED) is 0.720. The Morgan fingerprint density at radius 3 is 2.77 bits per heavy atom. The lowest BCUT2D eigenvalue weighted by atomic mass is 9.59. The lowest BCUT2D eigenvalue weighted by Gasteiger charge is -2.53. The highest BCUT2D eigenvalue weighted by Gasteiger charge is 2.68. The number of nitrogens with one attached hydrogen (secondary N) is 1. The van der Waals surface area contributed by atoms with E-state index in [2.05, 4.69) is 23.9 Å². The van der Waals surface area contributed by atoms with Crippen LogP contribution in [0.25, 0.3) is 0 Å². The zero-order chi connectivity index (χ0) is 21.7. The smallest absolute Gasteiger partial charge is 0.387 e. The van der Waals surface area contributed by atoms with Crippen molar-refractivity contribution < 1.29 is 27.8 Å². The number of carbonyl (C=O) groups is 1. The molecule has 0 aromatic heterocycles. The highest BCUT2D eigenvalue weighted by atomic mass is 19.3. The molecule has 1 amide bonds. The van der Waals surface area contributed by atoms with E-state index < -0.39 is 6.61 Å². The van der Waals surface area contributed by atoms with Gasteiger partial charge in [-0.25, -0.2) is 0 Å². The van der Waals surface area contributed by atoms with Gasteiger partial charge in [0.05, 0.1) is 13.2 Å². The molecule has 2 saturated carbocycles. The number of carbonyl (C=O) groups excluding carboxylic acids is 1. The number of methoxy groups -OCH3 is 1. The highest BCUT2D eigenvalue weighted by molar-refractivity contribution is 5.76. The lowest BCUT2D eigenvalue weighted by Crippen LogP contribution is -2.58. The van der Waals surface area contributed by atoms with Gasteiger partial charge >= 0.3 is 6.61 Å². The normalized spacial score (nSPS) is 34.0. The standard InChI is InChI=1S/C23H31F2NO4/c1-5-18(27)26-20-22(2,3)14-11-15-19(29-9-8-23(15,20)12-14)13-6-7-16(28-4)17(10-13)30-21(24)25/h6-7,10,14-15,19-21H,5,8-9,11-12H2,1-4H3,(H,26,27)/t14-,15-,19-,20-,23?/m1/s1. The van der Waals surface area contributed by atoms with E-state index in [1.807, 2.05) is 13.0 Å². The lowest BCUT2D eigenvalue weighted by molar-refractivity contribution is -0.137. The van der Waals surface area contributed by atoms with Gasteiger partial charge in [0.15, 0.2) is 11.5 Å². The molecule has 7 heteroatoms. The molecular formula is C23H31F2NO4. The van der Waals surface area contributed by atoms with Crippen LogP contribution in [0.2, 0.25) is 0 Å². The summed E-state index contributed by atoms with van der Waals surface area (Å²) < 4.78 is 41.9. The van der Waals surface area contributed by atoms with Crippen LogP contribution < -0.4 is 14.8 Å². The van der Waals surface area contributed by atoms with E-state index in [9.17, 15) is 13.6 Å². The van der Waals surface area contributed by atoms with Crippen molar-refractivity contribution in [1.82, 2.24) is 5.32 Å². The van der Waals surface area contributed by atoms with Gasteiger partial charge in [-0.3, -0.25) is 4.79 Å². The second kappa shape index (κ2) is 7.66. The summed E-state index contributed by atoms with van der Waals surface area (Å²) in [6.07, 6.45) is 3.22. The maximum atomic E-state index is 12.9. The van der Waals surface area contributed by atoms with Crippen molar-refractivity contribution in [3.8, 4) is 11.5 Å². The number of alkyl halides is 2. The minimum absolute atomic E-state index is 0.0209. The Kier molecular flexibility index (Phi) is 5.45. The van der Waals surface area contributed by atoms with Crippen LogP contribution >= 0.6 is 0 Å². The van der Waals surface area contributed by atoms with Crippen LogP contribution in [0.1, 0.15) is 58.1 Å². The van der Waals surface area contributed by atoms with Crippen molar-refractivity contribution in [2.24, 2.45) is 22.7 Å². The molecule has 1 N–H and O–H groups in total. The predicted molar refractivity (Wildman–Crippen MR) is 108 cm³/mol. The SMILES string of the molecule is CCC(=O)N[C@@H]1C(C)(C)[C@@H]2C[C@@H]3[C@@H](c4ccc(OC)c(OC(F)F)c4)OCCC31C2. The Morgan fingerprint density at radius 1 is 1.33 bits per heavy atom. The Hall–Kier alpha value is -1.89.